The largest absolute Gasteiger partial charge is 0.490 e. The molecule has 134 valence electrons. The van der Waals surface area contributed by atoms with Crippen molar-refractivity contribution in [3.05, 3.63) is 41.7 Å². The van der Waals surface area contributed by atoms with Crippen molar-refractivity contribution in [1.29, 1.82) is 0 Å². The van der Waals surface area contributed by atoms with E-state index >= 15 is 0 Å². The second-order valence-corrected chi connectivity index (χ2v) is 7.59. The molecular formula is C19H25N3O3. The summed E-state index contributed by atoms with van der Waals surface area (Å²) in [6.45, 7) is 7.63. The zero-order chi connectivity index (χ0) is 18.2. The van der Waals surface area contributed by atoms with Gasteiger partial charge in [0.1, 0.15) is 18.1 Å². The Morgan fingerprint density at radius 1 is 1.32 bits per heavy atom. The first-order valence-electron chi connectivity index (χ1n) is 8.43. The summed E-state index contributed by atoms with van der Waals surface area (Å²) in [5.74, 6) is 0.696. The van der Waals surface area contributed by atoms with Crippen LogP contribution in [0.3, 0.4) is 0 Å². The maximum absolute atomic E-state index is 11.9. The fourth-order valence-corrected chi connectivity index (χ4v) is 2.69. The van der Waals surface area contributed by atoms with E-state index in [4.69, 9.17) is 9.47 Å². The Kier molecular flexibility index (Phi) is 4.45. The molecule has 6 heteroatoms. The lowest BCUT2D eigenvalue weighted by atomic mass is 9.87. The summed E-state index contributed by atoms with van der Waals surface area (Å²) in [6, 6.07) is 8.63. The lowest BCUT2D eigenvalue weighted by molar-refractivity contribution is 0.0819. The highest BCUT2D eigenvalue weighted by atomic mass is 16.6. The molecule has 6 nitrogen and oxygen atoms in total. The van der Waals surface area contributed by atoms with Gasteiger partial charge >= 0.3 is 0 Å². The van der Waals surface area contributed by atoms with Gasteiger partial charge in [-0.2, -0.15) is 4.98 Å². The van der Waals surface area contributed by atoms with E-state index in [0.29, 0.717) is 24.9 Å². The molecule has 0 unspecified atom stereocenters. The first kappa shape index (κ1) is 17.3. The van der Waals surface area contributed by atoms with Crippen LogP contribution in [0, 0.1) is 0 Å². The first-order valence-corrected chi connectivity index (χ1v) is 8.43. The van der Waals surface area contributed by atoms with Crippen LogP contribution in [-0.4, -0.2) is 47.2 Å². The smallest absolute Gasteiger partial charge is 0.297 e. The molecule has 0 bridgehead atoms. The van der Waals surface area contributed by atoms with Gasteiger partial charge in [-0.05, 0) is 23.1 Å². The van der Waals surface area contributed by atoms with Crippen LogP contribution in [0.4, 0.5) is 0 Å². The SMILES string of the molecule is CN(C)C(=O)c1cn2c(n1)O[C@H](COc1ccc(C(C)(C)C)cc1)C2. The highest BCUT2D eigenvalue weighted by Crippen LogP contribution is 2.25. The molecule has 3 rings (SSSR count). The van der Waals surface area contributed by atoms with Gasteiger partial charge in [0, 0.05) is 20.3 Å². The van der Waals surface area contributed by atoms with Gasteiger partial charge in [0.15, 0.2) is 6.10 Å². The van der Waals surface area contributed by atoms with Gasteiger partial charge in [-0.1, -0.05) is 32.9 Å². The highest BCUT2D eigenvalue weighted by molar-refractivity contribution is 5.91. The second kappa shape index (κ2) is 6.43. The van der Waals surface area contributed by atoms with Gasteiger partial charge in [-0.15, -0.1) is 0 Å². The first-order chi connectivity index (χ1) is 11.7. The summed E-state index contributed by atoms with van der Waals surface area (Å²) in [4.78, 5) is 17.7. The Labute approximate surface area is 148 Å². The van der Waals surface area contributed by atoms with E-state index in [1.54, 1.807) is 20.3 Å². The van der Waals surface area contributed by atoms with Crippen LogP contribution in [0.1, 0.15) is 36.8 Å². The lowest BCUT2D eigenvalue weighted by Crippen LogP contribution is -2.25. The quantitative estimate of drug-likeness (QED) is 0.856. The minimum Gasteiger partial charge on any atom is -0.490 e. The summed E-state index contributed by atoms with van der Waals surface area (Å²) >= 11 is 0. The molecule has 25 heavy (non-hydrogen) atoms. The van der Waals surface area contributed by atoms with Crippen LogP contribution in [0.25, 0.3) is 0 Å². The Morgan fingerprint density at radius 2 is 2.00 bits per heavy atom. The Balaban J connectivity index is 1.55. The van der Waals surface area contributed by atoms with Crippen molar-refractivity contribution in [3.8, 4) is 11.8 Å². The standard InChI is InChI=1S/C19H25N3O3/c1-19(2,3)13-6-8-14(9-7-13)24-12-15-10-22-11-16(17(23)21(4)5)20-18(22)25-15/h6-9,11,15H,10,12H2,1-5H3/t15-/m0/s1. The zero-order valence-electron chi connectivity index (χ0n) is 15.4. The number of ether oxygens (including phenoxy) is 2. The van der Waals surface area contributed by atoms with Gasteiger partial charge in [-0.25, -0.2) is 0 Å². The van der Waals surface area contributed by atoms with Gasteiger partial charge in [-0.3, -0.25) is 9.36 Å². The van der Waals surface area contributed by atoms with Crippen molar-refractivity contribution in [3.63, 3.8) is 0 Å². The number of benzene rings is 1. The number of aromatic nitrogens is 2. The molecule has 1 aromatic carbocycles. The molecule has 1 atom stereocenters. The molecule has 0 N–H and O–H groups in total. The molecule has 0 radical (unpaired) electrons. The van der Waals surface area contributed by atoms with E-state index in [1.165, 1.54) is 10.5 Å². The van der Waals surface area contributed by atoms with Crippen LogP contribution < -0.4 is 9.47 Å². The molecule has 0 saturated heterocycles. The van der Waals surface area contributed by atoms with Crippen LogP contribution in [0.5, 0.6) is 11.8 Å². The molecule has 1 aliphatic heterocycles. The summed E-state index contributed by atoms with van der Waals surface area (Å²) in [7, 11) is 3.41. The zero-order valence-corrected chi connectivity index (χ0v) is 15.4. The Morgan fingerprint density at radius 3 is 2.56 bits per heavy atom. The molecule has 0 spiro atoms. The van der Waals surface area contributed by atoms with E-state index in [2.05, 4.69) is 37.9 Å². The van der Waals surface area contributed by atoms with Crippen LogP contribution in [-0.2, 0) is 12.0 Å². The summed E-state index contributed by atoms with van der Waals surface area (Å²) < 4.78 is 13.5. The van der Waals surface area contributed by atoms with Crippen molar-refractivity contribution < 1.29 is 14.3 Å². The van der Waals surface area contributed by atoms with E-state index in [-0.39, 0.29) is 17.4 Å². The van der Waals surface area contributed by atoms with Crippen molar-refractivity contribution in [2.24, 2.45) is 0 Å². The van der Waals surface area contributed by atoms with Crippen LogP contribution in [0.2, 0.25) is 0 Å². The summed E-state index contributed by atoms with van der Waals surface area (Å²) in [5, 5.41) is 0. The van der Waals surface area contributed by atoms with Crippen LogP contribution in [0.15, 0.2) is 30.5 Å². The number of nitrogens with zero attached hydrogens (tertiary/aromatic N) is 3. The number of fused-ring (bicyclic) bond motifs is 1. The maximum Gasteiger partial charge on any atom is 0.297 e. The molecule has 0 aliphatic carbocycles. The molecule has 0 fully saturated rings. The Bertz CT molecular complexity index is 734. The summed E-state index contributed by atoms with van der Waals surface area (Å²) in [6.07, 6.45) is 1.63. The predicted molar refractivity (Wildman–Crippen MR) is 95.3 cm³/mol. The van der Waals surface area contributed by atoms with Gasteiger partial charge in [0.25, 0.3) is 11.9 Å². The number of rotatable bonds is 4. The molecule has 1 amide bonds. The van der Waals surface area contributed by atoms with Crippen LogP contribution >= 0.6 is 0 Å². The van der Waals surface area contributed by atoms with E-state index < -0.39 is 0 Å². The fraction of sp³-hybridized carbons (Fsp3) is 0.474. The molecule has 1 aromatic heterocycles. The third kappa shape index (κ3) is 3.78. The van der Waals surface area contributed by atoms with E-state index in [0.717, 1.165) is 5.75 Å². The van der Waals surface area contributed by atoms with E-state index in [9.17, 15) is 4.79 Å². The number of amides is 1. The average Bonchev–Trinajstić information content (AvgIpc) is 3.10. The van der Waals surface area contributed by atoms with Gasteiger partial charge in [0.2, 0.25) is 0 Å². The normalized spacial score (nSPS) is 16.3. The Hall–Kier alpha value is -2.50. The molecule has 2 aromatic rings. The number of carbonyl (C=O) groups excluding carboxylic acids is 1. The third-order valence-electron chi connectivity index (χ3n) is 4.19. The topological polar surface area (TPSA) is 56.6 Å². The second-order valence-electron chi connectivity index (χ2n) is 7.59. The minimum atomic E-state index is -0.128. The van der Waals surface area contributed by atoms with Gasteiger partial charge in [0.05, 0.1) is 6.54 Å². The van der Waals surface area contributed by atoms with Crippen molar-refractivity contribution in [2.75, 3.05) is 20.7 Å². The minimum absolute atomic E-state index is 0.103. The molecule has 1 aliphatic rings. The number of hydrogen-bond acceptors (Lipinski definition) is 4. The number of carbonyl (C=O) groups is 1. The predicted octanol–water partition coefficient (Wildman–Crippen LogP) is 2.72. The lowest BCUT2D eigenvalue weighted by Gasteiger charge is -2.19. The maximum atomic E-state index is 11.9. The van der Waals surface area contributed by atoms with Gasteiger partial charge < -0.3 is 14.4 Å². The molecule has 0 saturated carbocycles. The molecular weight excluding hydrogens is 318 g/mol. The average molecular weight is 343 g/mol. The summed E-state index contributed by atoms with van der Waals surface area (Å²) in [5.41, 5.74) is 1.80. The highest BCUT2D eigenvalue weighted by Gasteiger charge is 2.27. The van der Waals surface area contributed by atoms with E-state index in [1.807, 2.05) is 16.7 Å². The fourth-order valence-electron chi connectivity index (χ4n) is 2.69. The number of hydrogen-bond donors (Lipinski definition) is 0. The van der Waals surface area contributed by atoms with Crippen molar-refractivity contribution in [2.45, 2.75) is 38.8 Å². The third-order valence-corrected chi connectivity index (χ3v) is 4.19. The molecule has 2 heterocycles. The number of imidazole rings is 1. The van der Waals surface area contributed by atoms with Crippen molar-refractivity contribution in [1.82, 2.24) is 14.5 Å². The van der Waals surface area contributed by atoms with Crippen molar-refractivity contribution >= 4 is 5.91 Å². The monoisotopic (exact) mass is 343 g/mol.